The van der Waals surface area contributed by atoms with Gasteiger partial charge in [-0.25, -0.2) is 4.39 Å². The highest BCUT2D eigenvalue weighted by molar-refractivity contribution is 5.79. The number of halogens is 1. The number of hydrogen-bond acceptors (Lipinski definition) is 3. The zero-order chi connectivity index (χ0) is 20.6. The maximum absolute atomic E-state index is 13.4. The highest BCUT2D eigenvalue weighted by atomic mass is 19.1. The summed E-state index contributed by atoms with van der Waals surface area (Å²) < 4.78 is 18.6. The van der Waals surface area contributed by atoms with Gasteiger partial charge in [-0.05, 0) is 48.0 Å². The number of hydrogen-bond donors (Lipinski definition) is 1. The molecule has 1 atom stereocenters. The minimum absolute atomic E-state index is 0.103. The second kappa shape index (κ2) is 9.85. The van der Waals surface area contributed by atoms with Gasteiger partial charge >= 0.3 is 0 Å². The van der Waals surface area contributed by atoms with Crippen molar-refractivity contribution in [1.29, 1.82) is 0 Å². The van der Waals surface area contributed by atoms with Crippen LogP contribution in [-0.2, 0) is 11.3 Å². The lowest BCUT2D eigenvalue weighted by molar-refractivity contribution is -0.122. The molecular formula is C24H25FN2O2. The predicted octanol–water partition coefficient (Wildman–Crippen LogP) is 4.17. The van der Waals surface area contributed by atoms with Crippen molar-refractivity contribution in [1.82, 2.24) is 10.2 Å². The summed E-state index contributed by atoms with van der Waals surface area (Å²) in [5.41, 5.74) is 2.80. The van der Waals surface area contributed by atoms with Crippen molar-refractivity contribution >= 4 is 5.91 Å². The number of nitrogens with zero attached hydrogens (tertiary/aromatic N) is 1. The summed E-state index contributed by atoms with van der Waals surface area (Å²) in [5, 5.41) is 3.12. The number of likely N-dealkylation sites (N-methyl/N-ethyl adjacent to an activating group) is 1. The maximum Gasteiger partial charge on any atom is 0.234 e. The number of amides is 1. The summed E-state index contributed by atoms with van der Waals surface area (Å²) in [6.45, 7) is 0.694. The van der Waals surface area contributed by atoms with E-state index < -0.39 is 0 Å². The molecule has 1 amide bonds. The van der Waals surface area contributed by atoms with Crippen LogP contribution in [-0.4, -0.2) is 31.5 Å². The standard InChI is InChI=1S/C24H25FN2O2/c1-27(16-18-7-6-10-21(25)15-18)17-23(28)26-24(19-8-4-3-5-9-19)20-11-13-22(29-2)14-12-20/h3-15,24H,16-17H2,1-2H3,(H,26,28)/t24-/m0/s1. The molecule has 29 heavy (non-hydrogen) atoms. The second-order valence-electron chi connectivity index (χ2n) is 6.99. The lowest BCUT2D eigenvalue weighted by Gasteiger charge is -2.22. The minimum Gasteiger partial charge on any atom is -0.497 e. The molecule has 0 aliphatic heterocycles. The first-order valence-corrected chi connectivity index (χ1v) is 9.46. The van der Waals surface area contributed by atoms with E-state index in [1.54, 1.807) is 13.2 Å². The largest absolute Gasteiger partial charge is 0.497 e. The summed E-state index contributed by atoms with van der Waals surface area (Å²) >= 11 is 0. The summed E-state index contributed by atoms with van der Waals surface area (Å²) in [7, 11) is 3.47. The number of methoxy groups -OCH3 is 1. The van der Waals surface area contributed by atoms with E-state index in [0.29, 0.717) is 6.54 Å². The van der Waals surface area contributed by atoms with E-state index in [0.717, 1.165) is 22.4 Å². The fourth-order valence-electron chi connectivity index (χ4n) is 3.26. The highest BCUT2D eigenvalue weighted by Crippen LogP contribution is 2.24. The van der Waals surface area contributed by atoms with Crippen LogP contribution >= 0.6 is 0 Å². The minimum atomic E-state index is -0.274. The van der Waals surface area contributed by atoms with Crippen molar-refractivity contribution in [2.75, 3.05) is 20.7 Å². The van der Waals surface area contributed by atoms with Gasteiger partial charge in [0, 0.05) is 6.54 Å². The Morgan fingerprint density at radius 1 is 1.00 bits per heavy atom. The highest BCUT2D eigenvalue weighted by Gasteiger charge is 2.18. The van der Waals surface area contributed by atoms with Gasteiger partial charge in [-0.1, -0.05) is 54.6 Å². The Balaban J connectivity index is 1.70. The Kier molecular flexibility index (Phi) is 6.98. The first-order valence-electron chi connectivity index (χ1n) is 9.46. The molecule has 3 aromatic rings. The van der Waals surface area contributed by atoms with E-state index in [1.165, 1.54) is 12.1 Å². The van der Waals surface area contributed by atoms with Crippen LogP contribution in [0.4, 0.5) is 4.39 Å². The molecule has 5 heteroatoms. The number of rotatable bonds is 8. The molecule has 0 aliphatic rings. The molecule has 3 aromatic carbocycles. The zero-order valence-corrected chi connectivity index (χ0v) is 16.6. The molecule has 0 bridgehead atoms. The number of carbonyl (C=O) groups is 1. The van der Waals surface area contributed by atoms with Gasteiger partial charge in [-0.2, -0.15) is 0 Å². The Labute approximate surface area is 170 Å². The van der Waals surface area contributed by atoms with Gasteiger partial charge < -0.3 is 10.1 Å². The van der Waals surface area contributed by atoms with Gasteiger partial charge in [0.2, 0.25) is 5.91 Å². The van der Waals surface area contributed by atoms with Crippen molar-refractivity contribution in [3.63, 3.8) is 0 Å². The van der Waals surface area contributed by atoms with Gasteiger partial charge in [-0.15, -0.1) is 0 Å². The molecule has 0 heterocycles. The fraction of sp³-hybridized carbons (Fsp3) is 0.208. The van der Waals surface area contributed by atoms with Gasteiger partial charge in [0.25, 0.3) is 0 Å². The van der Waals surface area contributed by atoms with Crippen molar-refractivity contribution < 1.29 is 13.9 Å². The summed E-state index contributed by atoms with van der Waals surface area (Å²) in [4.78, 5) is 14.6. The first-order chi connectivity index (χ1) is 14.0. The second-order valence-corrected chi connectivity index (χ2v) is 6.99. The number of benzene rings is 3. The molecule has 0 aromatic heterocycles. The molecule has 0 saturated heterocycles. The van der Waals surface area contributed by atoms with E-state index in [1.807, 2.05) is 72.6 Å². The number of carbonyl (C=O) groups excluding carboxylic acids is 1. The molecule has 3 rings (SSSR count). The topological polar surface area (TPSA) is 41.6 Å². The van der Waals surface area contributed by atoms with Crippen LogP contribution in [0.5, 0.6) is 5.75 Å². The van der Waals surface area contributed by atoms with Gasteiger partial charge in [-0.3, -0.25) is 9.69 Å². The van der Waals surface area contributed by atoms with Crippen molar-refractivity contribution in [2.24, 2.45) is 0 Å². The predicted molar refractivity (Wildman–Crippen MR) is 112 cm³/mol. The molecule has 0 aliphatic carbocycles. The van der Waals surface area contributed by atoms with Gasteiger partial charge in [0.1, 0.15) is 11.6 Å². The molecular weight excluding hydrogens is 367 g/mol. The molecule has 0 fully saturated rings. The first kappa shape index (κ1) is 20.6. The Hall–Kier alpha value is -3.18. The Morgan fingerprint density at radius 3 is 2.34 bits per heavy atom. The molecule has 0 radical (unpaired) electrons. The van der Waals surface area contributed by atoms with E-state index in [4.69, 9.17) is 4.74 Å². The fourth-order valence-corrected chi connectivity index (χ4v) is 3.26. The molecule has 0 unspecified atom stereocenters. The van der Waals surface area contributed by atoms with Crippen LogP contribution in [0.25, 0.3) is 0 Å². The van der Waals surface area contributed by atoms with Crippen LogP contribution in [0.2, 0.25) is 0 Å². The van der Waals surface area contributed by atoms with Gasteiger partial charge in [0.05, 0.1) is 19.7 Å². The molecule has 0 saturated carbocycles. The Morgan fingerprint density at radius 2 is 1.69 bits per heavy atom. The lowest BCUT2D eigenvalue weighted by atomic mass is 9.98. The van der Waals surface area contributed by atoms with Crippen LogP contribution in [0, 0.1) is 5.82 Å². The van der Waals surface area contributed by atoms with Gasteiger partial charge in [0.15, 0.2) is 0 Å². The number of nitrogens with one attached hydrogen (secondary N) is 1. The van der Waals surface area contributed by atoms with Crippen LogP contribution in [0.15, 0.2) is 78.9 Å². The van der Waals surface area contributed by atoms with Crippen LogP contribution in [0.1, 0.15) is 22.7 Å². The van der Waals surface area contributed by atoms with E-state index >= 15 is 0 Å². The summed E-state index contributed by atoms with van der Waals surface area (Å²) in [5.74, 6) is 0.388. The molecule has 0 spiro atoms. The van der Waals surface area contributed by atoms with Crippen molar-refractivity contribution in [2.45, 2.75) is 12.6 Å². The maximum atomic E-state index is 13.4. The van der Waals surface area contributed by atoms with E-state index in [-0.39, 0.29) is 24.3 Å². The monoisotopic (exact) mass is 392 g/mol. The quantitative estimate of drug-likeness (QED) is 0.626. The Bertz CT molecular complexity index is 929. The smallest absolute Gasteiger partial charge is 0.234 e. The van der Waals surface area contributed by atoms with Crippen LogP contribution < -0.4 is 10.1 Å². The molecule has 4 nitrogen and oxygen atoms in total. The SMILES string of the molecule is COc1ccc([C@@H](NC(=O)CN(C)Cc2cccc(F)c2)c2ccccc2)cc1. The average Bonchev–Trinajstić information content (AvgIpc) is 2.72. The third-order valence-corrected chi connectivity index (χ3v) is 4.64. The third kappa shape index (κ3) is 5.90. The van der Waals surface area contributed by atoms with E-state index in [9.17, 15) is 9.18 Å². The molecule has 1 N–H and O–H groups in total. The van der Waals surface area contributed by atoms with Crippen molar-refractivity contribution in [3.8, 4) is 5.75 Å². The van der Waals surface area contributed by atoms with Crippen molar-refractivity contribution in [3.05, 3.63) is 101 Å². The summed E-state index contributed by atoms with van der Waals surface area (Å²) in [6.07, 6.45) is 0. The lowest BCUT2D eigenvalue weighted by Crippen LogP contribution is -2.37. The van der Waals surface area contributed by atoms with Crippen LogP contribution in [0.3, 0.4) is 0 Å². The normalized spacial score (nSPS) is 11.9. The van der Waals surface area contributed by atoms with E-state index in [2.05, 4.69) is 5.32 Å². The molecule has 150 valence electrons. The third-order valence-electron chi connectivity index (χ3n) is 4.64. The average molecular weight is 392 g/mol. The zero-order valence-electron chi connectivity index (χ0n) is 16.6. The summed E-state index contributed by atoms with van der Waals surface area (Å²) in [6, 6.07) is 23.7. The number of ether oxygens (including phenoxy) is 1.